The van der Waals surface area contributed by atoms with E-state index in [4.69, 9.17) is 0 Å². The minimum atomic E-state index is -1.18. The maximum absolute atomic E-state index is 13.4. The highest BCUT2D eigenvalue weighted by Crippen LogP contribution is 2.27. The van der Waals surface area contributed by atoms with E-state index < -0.39 is 35.7 Å². The van der Waals surface area contributed by atoms with Crippen LogP contribution in [0.5, 0.6) is 0 Å². The molecule has 8 heteroatoms. The third kappa shape index (κ3) is 5.43. The maximum atomic E-state index is 13.4. The molecular weight excluding hydrogens is 447 g/mol. The Kier molecular flexibility index (Phi) is 7.01. The van der Waals surface area contributed by atoms with E-state index in [1.165, 1.54) is 30.0 Å². The summed E-state index contributed by atoms with van der Waals surface area (Å²) in [5.41, 5.74) is 3.31. The number of amides is 3. The molecule has 0 radical (unpaired) electrons. The van der Waals surface area contributed by atoms with Crippen LogP contribution in [0, 0.1) is 5.82 Å². The molecule has 1 aliphatic heterocycles. The number of rotatable bonds is 6. The number of hydrogen-bond acceptors (Lipinski definition) is 4. The van der Waals surface area contributed by atoms with Crippen LogP contribution in [-0.2, 0) is 20.8 Å². The molecule has 0 bridgehead atoms. The van der Waals surface area contributed by atoms with E-state index in [1.54, 1.807) is 13.1 Å². The van der Waals surface area contributed by atoms with Crippen molar-refractivity contribution in [3.63, 3.8) is 0 Å². The summed E-state index contributed by atoms with van der Waals surface area (Å²) in [6.07, 6.45) is -1.26. The van der Waals surface area contributed by atoms with Gasteiger partial charge in [-0.25, -0.2) is 9.38 Å². The van der Waals surface area contributed by atoms with E-state index in [1.807, 2.05) is 54.6 Å². The van der Waals surface area contributed by atoms with Crippen LogP contribution in [0.2, 0.25) is 0 Å². The zero-order chi connectivity index (χ0) is 24.9. The summed E-state index contributed by atoms with van der Waals surface area (Å²) in [7, 11) is 1.63. The van der Waals surface area contributed by atoms with E-state index in [2.05, 4.69) is 15.6 Å². The fourth-order valence-corrected chi connectivity index (χ4v) is 3.89. The predicted molar refractivity (Wildman–Crippen MR) is 132 cm³/mol. The average molecular weight is 473 g/mol. The second kappa shape index (κ2) is 10.3. The van der Waals surface area contributed by atoms with Crippen LogP contribution >= 0.6 is 0 Å². The molecule has 0 saturated carbocycles. The number of hydrogen-bond donors (Lipinski definition) is 2. The molecule has 0 fully saturated rings. The summed E-state index contributed by atoms with van der Waals surface area (Å²) in [6, 6.07) is 21.6. The Hall–Kier alpha value is -4.33. The third-order valence-corrected chi connectivity index (χ3v) is 5.69. The molecule has 0 spiro atoms. The molecule has 1 heterocycles. The van der Waals surface area contributed by atoms with Crippen LogP contribution in [-0.4, -0.2) is 42.7 Å². The van der Waals surface area contributed by atoms with Crippen molar-refractivity contribution in [1.82, 2.24) is 10.6 Å². The fraction of sp³-hybridized carbons (Fsp3) is 0.185. The number of para-hydroxylation sites is 1. The molecule has 178 valence electrons. The van der Waals surface area contributed by atoms with Gasteiger partial charge in [-0.05, 0) is 30.7 Å². The molecule has 3 amide bonds. The number of halogens is 1. The van der Waals surface area contributed by atoms with Gasteiger partial charge in [0, 0.05) is 18.2 Å². The van der Waals surface area contributed by atoms with Gasteiger partial charge in [0.25, 0.3) is 5.91 Å². The van der Waals surface area contributed by atoms with Crippen LogP contribution in [0.15, 0.2) is 83.9 Å². The van der Waals surface area contributed by atoms with Gasteiger partial charge in [0.05, 0.1) is 17.8 Å². The van der Waals surface area contributed by atoms with E-state index in [-0.39, 0.29) is 6.42 Å². The zero-order valence-corrected chi connectivity index (χ0v) is 19.4. The Morgan fingerprint density at radius 1 is 1.03 bits per heavy atom. The Bertz CT molecular complexity index is 1290. The molecule has 2 N–H and O–H groups in total. The van der Waals surface area contributed by atoms with Crippen molar-refractivity contribution in [2.24, 2.45) is 4.99 Å². The highest BCUT2D eigenvalue weighted by atomic mass is 19.1. The lowest BCUT2D eigenvalue weighted by Crippen LogP contribution is -2.52. The van der Waals surface area contributed by atoms with Crippen LogP contribution in [0.1, 0.15) is 23.6 Å². The van der Waals surface area contributed by atoms with Crippen LogP contribution in [0.4, 0.5) is 10.1 Å². The van der Waals surface area contributed by atoms with Gasteiger partial charge in [0.2, 0.25) is 18.0 Å². The lowest BCUT2D eigenvalue weighted by atomic mass is 10.0. The Balaban J connectivity index is 1.54. The lowest BCUT2D eigenvalue weighted by Gasteiger charge is -2.22. The molecule has 7 nitrogen and oxygen atoms in total. The Morgan fingerprint density at radius 3 is 2.49 bits per heavy atom. The van der Waals surface area contributed by atoms with Crippen LogP contribution < -0.4 is 15.5 Å². The minimum absolute atomic E-state index is 0.0773. The molecule has 0 saturated heterocycles. The summed E-state index contributed by atoms with van der Waals surface area (Å²) >= 11 is 0. The second-order valence-corrected chi connectivity index (χ2v) is 8.27. The molecule has 1 aliphatic rings. The summed E-state index contributed by atoms with van der Waals surface area (Å²) in [5.74, 6) is -1.85. The number of aliphatic imine (C=N–C) groups is 1. The van der Waals surface area contributed by atoms with Crippen LogP contribution in [0.25, 0.3) is 0 Å². The zero-order valence-electron chi connectivity index (χ0n) is 19.4. The lowest BCUT2D eigenvalue weighted by molar-refractivity contribution is -0.130. The Morgan fingerprint density at radius 2 is 1.74 bits per heavy atom. The largest absolute Gasteiger partial charge is 0.344 e. The van der Waals surface area contributed by atoms with E-state index in [0.29, 0.717) is 17.0 Å². The summed E-state index contributed by atoms with van der Waals surface area (Å²) in [6.45, 7) is 1.51. The molecule has 3 aromatic carbocycles. The number of benzodiazepines with no additional fused rings is 1. The van der Waals surface area contributed by atoms with Gasteiger partial charge in [-0.3, -0.25) is 14.4 Å². The van der Waals surface area contributed by atoms with Crippen molar-refractivity contribution in [1.29, 1.82) is 0 Å². The first-order valence-corrected chi connectivity index (χ1v) is 11.2. The van der Waals surface area contributed by atoms with Gasteiger partial charge >= 0.3 is 0 Å². The average Bonchev–Trinajstić information content (AvgIpc) is 2.95. The monoisotopic (exact) mass is 472 g/mol. The van der Waals surface area contributed by atoms with Gasteiger partial charge in [-0.15, -0.1) is 0 Å². The van der Waals surface area contributed by atoms with Crippen molar-refractivity contribution in [2.75, 3.05) is 11.9 Å². The number of nitrogens with one attached hydrogen (secondary N) is 2. The second-order valence-electron chi connectivity index (χ2n) is 8.27. The van der Waals surface area contributed by atoms with Gasteiger partial charge in [-0.1, -0.05) is 60.7 Å². The number of carbonyl (C=O) groups excluding carboxylic acids is 3. The minimum Gasteiger partial charge on any atom is -0.344 e. The molecule has 0 aromatic heterocycles. The van der Waals surface area contributed by atoms with Crippen LogP contribution in [0.3, 0.4) is 0 Å². The van der Waals surface area contributed by atoms with Gasteiger partial charge < -0.3 is 15.5 Å². The SMILES string of the molecule is C[C@H](NC(=O)Cc1cccc(F)c1)C(=O)NC1N=C(c2ccccc2)c2ccccc2N(C)C1=O. The molecule has 3 aromatic rings. The molecule has 35 heavy (non-hydrogen) atoms. The normalized spacial score (nSPS) is 16.0. The third-order valence-electron chi connectivity index (χ3n) is 5.69. The van der Waals surface area contributed by atoms with E-state index in [9.17, 15) is 18.8 Å². The number of anilines is 1. The van der Waals surface area contributed by atoms with Crippen molar-refractivity contribution >= 4 is 29.1 Å². The fourth-order valence-electron chi connectivity index (χ4n) is 3.89. The van der Waals surface area contributed by atoms with Crippen molar-refractivity contribution < 1.29 is 18.8 Å². The highest BCUT2D eigenvalue weighted by Gasteiger charge is 2.32. The van der Waals surface area contributed by atoms with Crippen molar-refractivity contribution in [2.45, 2.75) is 25.6 Å². The number of carbonyl (C=O) groups is 3. The number of benzene rings is 3. The maximum Gasteiger partial charge on any atom is 0.272 e. The molecule has 1 unspecified atom stereocenters. The summed E-state index contributed by atoms with van der Waals surface area (Å²) in [4.78, 5) is 44.6. The number of nitrogens with zero attached hydrogens (tertiary/aromatic N) is 2. The standard InChI is InChI=1S/C27H25FN4O3/c1-17(29-23(33)16-18-9-8-12-20(28)15-18)26(34)31-25-27(35)32(2)22-14-7-6-13-21(22)24(30-25)19-10-4-3-5-11-19/h3-15,17,25H,16H2,1-2H3,(H,29,33)(H,31,34)/t17-,25?/m0/s1. The molecular formula is C27H25FN4O3. The predicted octanol–water partition coefficient (Wildman–Crippen LogP) is 2.83. The number of fused-ring (bicyclic) bond motifs is 1. The molecule has 2 atom stereocenters. The number of likely N-dealkylation sites (N-methyl/N-ethyl adjacent to an activating group) is 1. The topological polar surface area (TPSA) is 90.9 Å². The van der Waals surface area contributed by atoms with Gasteiger partial charge in [0.1, 0.15) is 11.9 Å². The van der Waals surface area contributed by atoms with E-state index in [0.717, 1.165) is 11.1 Å². The first kappa shape index (κ1) is 23.8. The van der Waals surface area contributed by atoms with Crippen molar-refractivity contribution in [3.05, 3.63) is 101 Å². The van der Waals surface area contributed by atoms with Gasteiger partial charge in [0.15, 0.2) is 0 Å². The quantitative estimate of drug-likeness (QED) is 0.578. The highest BCUT2D eigenvalue weighted by molar-refractivity contribution is 6.20. The smallest absolute Gasteiger partial charge is 0.272 e. The molecule has 4 rings (SSSR count). The first-order valence-electron chi connectivity index (χ1n) is 11.2. The van der Waals surface area contributed by atoms with Gasteiger partial charge in [-0.2, -0.15) is 0 Å². The summed E-state index contributed by atoms with van der Waals surface area (Å²) in [5, 5.41) is 5.25. The molecule has 0 aliphatic carbocycles. The Labute approximate surface area is 202 Å². The first-order chi connectivity index (χ1) is 16.8. The summed E-state index contributed by atoms with van der Waals surface area (Å²) < 4.78 is 13.4. The van der Waals surface area contributed by atoms with Crippen molar-refractivity contribution in [3.8, 4) is 0 Å². The van der Waals surface area contributed by atoms with E-state index >= 15 is 0 Å².